The fourth-order valence-electron chi connectivity index (χ4n) is 2.56. The zero-order chi connectivity index (χ0) is 9.38. The summed E-state index contributed by atoms with van der Waals surface area (Å²) in [7, 11) is 0. The zero-order valence-corrected chi connectivity index (χ0v) is 8.42. The van der Waals surface area contributed by atoms with E-state index in [-0.39, 0.29) is 0 Å². The van der Waals surface area contributed by atoms with Crippen LogP contribution in [0.3, 0.4) is 0 Å². The van der Waals surface area contributed by atoms with Crippen molar-refractivity contribution < 1.29 is 0 Å². The molecule has 2 N–H and O–H groups in total. The Morgan fingerprint density at radius 3 is 2.79 bits per heavy atom. The summed E-state index contributed by atoms with van der Waals surface area (Å²) in [5.41, 5.74) is 2.85. The third-order valence-electron chi connectivity index (χ3n) is 3.65. The second-order valence-electron chi connectivity index (χ2n) is 4.52. The predicted molar refractivity (Wildman–Crippen MR) is 55.2 cm³/mol. The molecule has 2 heterocycles. The number of aromatic nitrogens is 2. The maximum atomic E-state index is 4.20. The smallest absolute Gasteiger partial charge is 0.0556 e. The van der Waals surface area contributed by atoms with Crippen LogP contribution in [0.15, 0.2) is 6.20 Å². The third-order valence-corrected chi connectivity index (χ3v) is 3.65. The second-order valence-corrected chi connectivity index (χ2v) is 4.52. The maximum Gasteiger partial charge on any atom is 0.0556 e. The van der Waals surface area contributed by atoms with Gasteiger partial charge in [-0.15, -0.1) is 0 Å². The lowest BCUT2D eigenvalue weighted by Gasteiger charge is -2.26. The van der Waals surface area contributed by atoms with E-state index in [0.717, 1.165) is 12.5 Å². The van der Waals surface area contributed by atoms with E-state index in [1.54, 1.807) is 0 Å². The number of nitrogens with one attached hydrogen (secondary N) is 2. The topological polar surface area (TPSA) is 40.7 Å². The van der Waals surface area contributed by atoms with Gasteiger partial charge in [0.05, 0.1) is 11.9 Å². The van der Waals surface area contributed by atoms with E-state index in [1.807, 2.05) is 6.20 Å². The van der Waals surface area contributed by atoms with Gasteiger partial charge in [0.1, 0.15) is 0 Å². The van der Waals surface area contributed by atoms with Gasteiger partial charge in [-0.3, -0.25) is 5.10 Å². The number of nitrogens with zero attached hydrogens (tertiary/aromatic N) is 1. The van der Waals surface area contributed by atoms with Gasteiger partial charge in [0.2, 0.25) is 0 Å². The lowest BCUT2D eigenvalue weighted by Crippen LogP contribution is -2.17. The van der Waals surface area contributed by atoms with Gasteiger partial charge in [0, 0.05) is 6.04 Å². The summed E-state index contributed by atoms with van der Waals surface area (Å²) in [5, 5.41) is 10.9. The van der Waals surface area contributed by atoms with Crippen LogP contribution < -0.4 is 5.32 Å². The van der Waals surface area contributed by atoms with E-state index < -0.39 is 0 Å². The minimum Gasteiger partial charge on any atom is -0.309 e. The van der Waals surface area contributed by atoms with Crippen LogP contribution in [0.1, 0.15) is 55.3 Å². The second kappa shape index (κ2) is 3.39. The monoisotopic (exact) mass is 191 g/mol. The van der Waals surface area contributed by atoms with Crippen molar-refractivity contribution in [2.24, 2.45) is 0 Å². The molecule has 3 heteroatoms. The Morgan fingerprint density at radius 1 is 1.21 bits per heavy atom. The summed E-state index contributed by atoms with van der Waals surface area (Å²) in [4.78, 5) is 0. The molecule has 1 unspecified atom stereocenters. The highest BCUT2D eigenvalue weighted by molar-refractivity contribution is 5.26. The molecule has 0 amide bonds. The first-order valence-electron chi connectivity index (χ1n) is 5.71. The minimum absolute atomic E-state index is 0.549. The molecule has 76 valence electrons. The van der Waals surface area contributed by atoms with Gasteiger partial charge < -0.3 is 5.32 Å². The highest BCUT2D eigenvalue weighted by Crippen LogP contribution is 2.39. The van der Waals surface area contributed by atoms with Crippen LogP contribution in [-0.4, -0.2) is 16.7 Å². The van der Waals surface area contributed by atoms with Crippen LogP contribution >= 0.6 is 0 Å². The quantitative estimate of drug-likeness (QED) is 0.751. The van der Waals surface area contributed by atoms with Gasteiger partial charge in [-0.1, -0.05) is 6.42 Å². The lowest BCUT2D eigenvalue weighted by molar-refractivity contribution is 0.413. The Balaban J connectivity index is 1.85. The number of H-pyrrole nitrogens is 1. The van der Waals surface area contributed by atoms with Gasteiger partial charge in [-0.2, -0.15) is 5.10 Å². The van der Waals surface area contributed by atoms with E-state index in [4.69, 9.17) is 0 Å². The molecule has 1 aliphatic carbocycles. The molecule has 0 radical (unpaired) electrons. The molecule has 1 aromatic heterocycles. The number of hydrogen-bond donors (Lipinski definition) is 2. The Morgan fingerprint density at radius 2 is 2.14 bits per heavy atom. The Kier molecular flexibility index (Phi) is 2.05. The molecule has 2 aliphatic rings. The van der Waals surface area contributed by atoms with Crippen molar-refractivity contribution >= 4 is 0 Å². The number of hydrogen-bond acceptors (Lipinski definition) is 2. The summed E-state index contributed by atoms with van der Waals surface area (Å²) in [5.74, 6) is 0.797. The van der Waals surface area contributed by atoms with Crippen molar-refractivity contribution in [3.05, 3.63) is 17.5 Å². The van der Waals surface area contributed by atoms with Gasteiger partial charge in [0.15, 0.2) is 0 Å². The van der Waals surface area contributed by atoms with Crippen LogP contribution in [0.4, 0.5) is 0 Å². The molecule has 1 aliphatic heterocycles. The molecular weight excluding hydrogens is 174 g/mol. The third kappa shape index (κ3) is 1.27. The first kappa shape index (κ1) is 8.48. The Hall–Kier alpha value is -0.830. The van der Waals surface area contributed by atoms with Crippen LogP contribution in [0.25, 0.3) is 0 Å². The summed E-state index contributed by atoms with van der Waals surface area (Å²) in [6.45, 7) is 1.16. The number of aromatic amines is 1. The normalized spacial score (nSPS) is 27.9. The van der Waals surface area contributed by atoms with E-state index >= 15 is 0 Å². The fourth-order valence-corrected chi connectivity index (χ4v) is 2.56. The molecule has 3 rings (SSSR count). The highest BCUT2D eigenvalue weighted by Gasteiger charge is 2.27. The zero-order valence-electron chi connectivity index (χ0n) is 8.42. The molecular formula is C11H17N3. The van der Waals surface area contributed by atoms with Gasteiger partial charge >= 0.3 is 0 Å². The average Bonchev–Trinajstić information content (AvgIpc) is 2.66. The van der Waals surface area contributed by atoms with E-state index in [0.29, 0.717) is 6.04 Å². The first-order chi connectivity index (χ1) is 6.95. The molecule has 1 saturated heterocycles. The van der Waals surface area contributed by atoms with Crippen molar-refractivity contribution in [3.8, 4) is 0 Å². The number of rotatable bonds is 2. The molecule has 3 nitrogen and oxygen atoms in total. The van der Waals surface area contributed by atoms with Crippen LogP contribution in [-0.2, 0) is 0 Å². The lowest BCUT2D eigenvalue weighted by atomic mass is 9.79. The molecule has 1 saturated carbocycles. The van der Waals surface area contributed by atoms with Crippen molar-refractivity contribution in [2.45, 2.75) is 44.1 Å². The van der Waals surface area contributed by atoms with Crippen LogP contribution in [0.2, 0.25) is 0 Å². The average molecular weight is 191 g/mol. The summed E-state index contributed by atoms with van der Waals surface area (Å²) in [6.07, 6.45) is 8.72. The minimum atomic E-state index is 0.549. The molecule has 14 heavy (non-hydrogen) atoms. The Labute approximate surface area is 84.3 Å². The van der Waals surface area contributed by atoms with E-state index in [2.05, 4.69) is 15.5 Å². The predicted octanol–water partition coefficient (Wildman–Crippen LogP) is 2.10. The maximum absolute atomic E-state index is 4.20. The standard InChI is InChI=1S/C11H17N3/c1-3-8(4-1)9-7-13-14-11(9)10-5-2-6-12-10/h7-8,10,12H,1-6H2,(H,13,14). The summed E-state index contributed by atoms with van der Waals surface area (Å²) < 4.78 is 0. The first-order valence-corrected chi connectivity index (χ1v) is 5.71. The van der Waals surface area contributed by atoms with Gasteiger partial charge in [-0.25, -0.2) is 0 Å². The molecule has 1 aromatic rings. The van der Waals surface area contributed by atoms with Crippen molar-refractivity contribution in [2.75, 3.05) is 6.54 Å². The van der Waals surface area contributed by atoms with E-state index in [9.17, 15) is 0 Å². The molecule has 2 fully saturated rings. The van der Waals surface area contributed by atoms with Crippen molar-refractivity contribution in [3.63, 3.8) is 0 Å². The van der Waals surface area contributed by atoms with Crippen LogP contribution in [0.5, 0.6) is 0 Å². The fraction of sp³-hybridized carbons (Fsp3) is 0.727. The van der Waals surface area contributed by atoms with Gasteiger partial charge in [-0.05, 0) is 43.7 Å². The van der Waals surface area contributed by atoms with Crippen molar-refractivity contribution in [1.29, 1.82) is 0 Å². The van der Waals surface area contributed by atoms with E-state index in [1.165, 1.54) is 43.4 Å². The van der Waals surface area contributed by atoms with Crippen LogP contribution in [0, 0.1) is 0 Å². The largest absolute Gasteiger partial charge is 0.309 e. The SMILES string of the molecule is c1n[nH]c(C2CCCN2)c1C1CCC1. The molecule has 0 aromatic carbocycles. The van der Waals surface area contributed by atoms with Gasteiger partial charge in [0.25, 0.3) is 0 Å². The molecule has 1 atom stereocenters. The highest BCUT2D eigenvalue weighted by atomic mass is 15.1. The molecule has 0 spiro atoms. The molecule has 0 bridgehead atoms. The Bertz CT molecular complexity index is 308. The van der Waals surface area contributed by atoms with Crippen molar-refractivity contribution in [1.82, 2.24) is 15.5 Å². The summed E-state index contributed by atoms with van der Waals surface area (Å²) >= 11 is 0. The summed E-state index contributed by atoms with van der Waals surface area (Å²) in [6, 6.07) is 0.549.